The Morgan fingerprint density at radius 2 is 1.64 bits per heavy atom. The Labute approximate surface area is 168 Å². The molecular formula is C22H20ClN3O2. The fourth-order valence-electron chi connectivity index (χ4n) is 2.60. The molecule has 3 rings (SSSR count). The van der Waals surface area contributed by atoms with E-state index in [1.165, 1.54) is 17.8 Å². The first-order valence-electron chi connectivity index (χ1n) is 8.87. The quantitative estimate of drug-likeness (QED) is 0.612. The molecule has 0 saturated carbocycles. The predicted octanol–water partition coefficient (Wildman–Crippen LogP) is 5.36. The first kappa shape index (κ1) is 19.6. The molecular weight excluding hydrogens is 374 g/mol. The van der Waals surface area contributed by atoms with E-state index in [-0.39, 0.29) is 11.6 Å². The first-order chi connectivity index (χ1) is 13.4. The molecule has 5 nitrogen and oxygen atoms in total. The summed E-state index contributed by atoms with van der Waals surface area (Å²) in [6, 6.07) is 17.6. The molecule has 142 valence electrons. The zero-order valence-corrected chi connectivity index (χ0v) is 16.3. The van der Waals surface area contributed by atoms with Crippen LogP contribution in [0, 0.1) is 0 Å². The van der Waals surface area contributed by atoms with Gasteiger partial charge in [0.2, 0.25) is 0 Å². The highest BCUT2D eigenvalue weighted by atomic mass is 35.5. The van der Waals surface area contributed by atoms with Crippen LogP contribution in [0.5, 0.6) is 0 Å². The maximum Gasteiger partial charge on any atom is 0.274 e. The van der Waals surface area contributed by atoms with Crippen molar-refractivity contribution in [3.8, 4) is 0 Å². The van der Waals surface area contributed by atoms with Crippen LogP contribution in [-0.4, -0.2) is 16.8 Å². The van der Waals surface area contributed by atoms with Gasteiger partial charge < -0.3 is 10.6 Å². The Morgan fingerprint density at radius 3 is 2.32 bits per heavy atom. The summed E-state index contributed by atoms with van der Waals surface area (Å²) in [6.45, 7) is 4.22. The van der Waals surface area contributed by atoms with Crippen molar-refractivity contribution < 1.29 is 9.59 Å². The van der Waals surface area contributed by atoms with Gasteiger partial charge in [0.05, 0.1) is 10.7 Å². The molecule has 0 unspecified atom stereocenters. The molecule has 0 atom stereocenters. The number of rotatable bonds is 5. The van der Waals surface area contributed by atoms with Gasteiger partial charge in [-0.25, -0.2) is 0 Å². The van der Waals surface area contributed by atoms with Gasteiger partial charge in [-0.1, -0.05) is 49.7 Å². The summed E-state index contributed by atoms with van der Waals surface area (Å²) in [4.78, 5) is 29.0. The van der Waals surface area contributed by atoms with Gasteiger partial charge >= 0.3 is 0 Å². The molecule has 1 heterocycles. The lowest BCUT2D eigenvalue weighted by Gasteiger charge is -2.10. The minimum atomic E-state index is -0.441. The van der Waals surface area contributed by atoms with Crippen molar-refractivity contribution in [2.24, 2.45) is 0 Å². The number of benzene rings is 2. The molecule has 0 fully saturated rings. The van der Waals surface area contributed by atoms with Crippen LogP contribution in [0.15, 0.2) is 66.9 Å². The number of nitrogens with one attached hydrogen (secondary N) is 2. The molecule has 0 saturated heterocycles. The zero-order chi connectivity index (χ0) is 20.1. The minimum absolute atomic E-state index is 0.128. The summed E-state index contributed by atoms with van der Waals surface area (Å²) in [6.07, 6.45) is 1.43. The summed E-state index contributed by atoms with van der Waals surface area (Å²) >= 11 is 6.06. The van der Waals surface area contributed by atoms with Crippen LogP contribution in [0.4, 0.5) is 11.4 Å². The fourth-order valence-corrected chi connectivity index (χ4v) is 2.78. The van der Waals surface area contributed by atoms with Gasteiger partial charge in [-0.15, -0.1) is 0 Å². The molecule has 1 aromatic heterocycles. The van der Waals surface area contributed by atoms with Gasteiger partial charge in [-0.05, 0) is 47.9 Å². The van der Waals surface area contributed by atoms with Crippen LogP contribution in [0.2, 0.25) is 5.02 Å². The highest BCUT2D eigenvalue weighted by molar-refractivity contribution is 6.33. The second-order valence-corrected chi connectivity index (χ2v) is 7.00. The average Bonchev–Trinajstić information content (AvgIpc) is 2.70. The third-order valence-electron chi connectivity index (χ3n) is 4.21. The lowest BCUT2D eigenvalue weighted by molar-refractivity contribution is 0.102. The molecule has 2 N–H and O–H groups in total. The van der Waals surface area contributed by atoms with Crippen molar-refractivity contribution >= 4 is 34.8 Å². The fraction of sp³-hybridized carbons (Fsp3) is 0.136. The van der Waals surface area contributed by atoms with E-state index in [2.05, 4.69) is 29.5 Å². The highest BCUT2D eigenvalue weighted by Gasteiger charge is 2.13. The van der Waals surface area contributed by atoms with E-state index in [9.17, 15) is 9.59 Å². The zero-order valence-electron chi connectivity index (χ0n) is 15.6. The number of halogens is 1. The minimum Gasteiger partial charge on any atom is -0.322 e. The molecule has 6 heteroatoms. The third-order valence-corrected chi connectivity index (χ3v) is 4.54. The van der Waals surface area contributed by atoms with Crippen molar-refractivity contribution in [2.45, 2.75) is 19.8 Å². The summed E-state index contributed by atoms with van der Waals surface area (Å²) in [7, 11) is 0. The van der Waals surface area contributed by atoms with Crippen molar-refractivity contribution in [2.75, 3.05) is 10.6 Å². The number of hydrogen-bond acceptors (Lipinski definition) is 3. The number of aromatic nitrogens is 1. The SMILES string of the molecule is CC(C)c1ccc(NC(=O)c2ccnc(C(=O)Nc3ccccc3Cl)c2)cc1. The van der Waals surface area contributed by atoms with Gasteiger partial charge in [0.25, 0.3) is 11.8 Å². The van der Waals surface area contributed by atoms with E-state index in [1.807, 2.05) is 24.3 Å². The average molecular weight is 394 g/mol. The lowest BCUT2D eigenvalue weighted by Crippen LogP contribution is -2.17. The number of anilines is 2. The van der Waals surface area contributed by atoms with Gasteiger partial charge in [-0.2, -0.15) is 0 Å². The van der Waals surface area contributed by atoms with Gasteiger partial charge in [0, 0.05) is 17.4 Å². The van der Waals surface area contributed by atoms with E-state index in [0.717, 1.165) is 0 Å². The molecule has 0 aliphatic carbocycles. The Hall–Kier alpha value is -3.18. The van der Waals surface area contributed by atoms with E-state index in [4.69, 9.17) is 11.6 Å². The number of carbonyl (C=O) groups is 2. The number of pyridine rings is 1. The maximum atomic E-state index is 12.5. The van der Waals surface area contributed by atoms with E-state index >= 15 is 0 Å². The smallest absolute Gasteiger partial charge is 0.274 e. The Balaban J connectivity index is 1.72. The largest absolute Gasteiger partial charge is 0.322 e. The van der Waals surface area contributed by atoms with E-state index < -0.39 is 5.91 Å². The maximum absolute atomic E-state index is 12.5. The first-order valence-corrected chi connectivity index (χ1v) is 9.25. The van der Waals surface area contributed by atoms with Crippen LogP contribution >= 0.6 is 11.6 Å². The molecule has 0 spiro atoms. The van der Waals surface area contributed by atoms with Crippen molar-refractivity contribution in [1.29, 1.82) is 0 Å². The van der Waals surface area contributed by atoms with E-state index in [0.29, 0.717) is 27.9 Å². The van der Waals surface area contributed by atoms with Crippen molar-refractivity contribution in [3.63, 3.8) is 0 Å². The normalized spacial score (nSPS) is 10.6. The monoisotopic (exact) mass is 393 g/mol. The molecule has 3 aromatic rings. The summed E-state index contributed by atoms with van der Waals surface area (Å²) in [5.74, 6) is -0.334. The lowest BCUT2D eigenvalue weighted by atomic mass is 10.0. The Bertz CT molecular complexity index is 1000. The predicted molar refractivity (Wildman–Crippen MR) is 112 cm³/mol. The van der Waals surface area contributed by atoms with Crippen LogP contribution in [0.1, 0.15) is 46.2 Å². The number of nitrogens with zero attached hydrogens (tertiary/aromatic N) is 1. The summed E-state index contributed by atoms with van der Waals surface area (Å²) in [5, 5.41) is 5.95. The van der Waals surface area contributed by atoms with Crippen LogP contribution in [-0.2, 0) is 0 Å². The van der Waals surface area contributed by atoms with Crippen molar-refractivity contribution in [1.82, 2.24) is 4.98 Å². The second-order valence-electron chi connectivity index (χ2n) is 6.59. The summed E-state index contributed by atoms with van der Waals surface area (Å²) in [5.41, 5.74) is 2.83. The van der Waals surface area contributed by atoms with Gasteiger partial charge in [-0.3, -0.25) is 14.6 Å². The van der Waals surface area contributed by atoms with Gasteiger partial charge in [0.1, 0.15) is 5.69 Å². The molecule has 0 aliphatic rings. The Kier molecular flexibility index (Phi) is 6.06. The number of para-hydroxylation sites is 1. The van der Waals surface area contributed by atoms with E-state index in [1.54, 1.807) is 30.3 Å². The number of hydrogen-bond donors (Lipinski definition) is 2. The van der Waals surface area contributed by atoms with Crippen molar-refractivity contribution in [3.05, 3.63) is 88.7 Å². The van der Waals surface area contributed by atoms with Crippen LogP contribution in [0.3, 0.4) is 0 Å². The summed E-state index contributed by atoms with van der Waals surface area (Å²) < 4.78 is 0. The molecule has 0 aliphatic heterocycles. The molecule has 2 amide bonds. The number of amides is 2. The van der Waals surface area contributed by atoms with Gasteiger partial charge in [0.15, 0.2) is 0 Å². The topological polar surface area (TPSA) is 71.1 Å². The number of carbonyl (C=O) groups excluding carboxylic acids is 2. The second kappa shape index (κ2) is 8.67. The van der Waals surface area contributed by atoms with Crippen LogP contribution in [0.25, 0.3) is 0 Å². The Morgan fingerprint density at radius 1 is 0.929 bits per heavy atom. The van der Waals surface area contributed by atoms with Crippen LogP contribution < -0.4 is 10.6 Å². The molecule has 2 aromatic carbocycles. The molecule has 0 bridgehead atoms. The molecule has 0 radical (unpaired) electrons. The standard InChI is InChI=1S/C22H20ClN3O2/c1-14(2)15-7-9-17(10-8-15)25-21(27)16-11-12-24-20(13-16)22(28)26-19-6-4-3-5-18(19)23/h3-14H,1-2H3,(H,25,27)(H,26,28). The highest BCUT2D eigenvalue weighted by Crippen LogP contribution is 2.21. The molecule has 28 heavy (non-hydrogen) atoms. The third kappa shape index (κ3) is 4.75.